The molecule has 0 spiro atoms. The van der Waals surface area contributed by atoms with Crippen molar-refractivity contribution in [1.82, 2.24) is 4.90 Å². The summed E-state index contributed by atoms with van der Waals surface area (Å²) in [6, 6.07) is 7.97. The van der Waals surface area contributed by atoms with Crippen LogP contribution in [0.2, 0.25) is 0 Å². The topological polar surface area (TPSA) is 49.9 Å². The van der Waals surface area contributed by atoms with Crippen LogP contribution in [-0.4, -0.2) is 50.1 Å². The lowest BCUT2D eigenvalue weighted by Gasteiger charge is -2.31. The predicted octanol–water partition coefficient (Wildman–Crippen LogP) is 1.46. The molecule has 0 atom stereocenters. The lowest BCUT2D eigenvalue weighted by Crippen LogP contribution is -2.45. The summed E-state index contributed by atoms with van der Waals surface area (Å²) in [5, 5.41) is 0. The molecule has 21 heavy (non-hydrogen) atoms. The summed E-state index contributed by atoms with van der Waals surface area (Å²) in [5.41, 5.74) is 2.17. The van der Waals surface area contributed by atoms with Crippen LogP contribution in [0.5, 0.6) is 0 Å². The molecule has 1 aliphatic rings. The van der Waals surface area contributed by atoms with Crippen LogP contribution in [0.15, 0.2) is 24.3 Å². The number of hydrogen-bond acceptors (Lipinski definition) is 3. The lowest BCUT2D eigenvalue weighted by molar-refractivity contribution is -0.134. The number of hydrogen-bond donors (Lipinski definition) is 0. The Bertz CT molecular complexity index is 516. The Morgan fingerprint density at radius 1 is 1.33 bits per heavy atom. The summed E-state index contributed by atoms with van der Waals surface area (Å²) in [6.45, 7) is 3.17. The monoisotopic (exact) mass is 290 g/mol. The third kappa shape index (κ3) is 3.82. The first-order chi connectivity index (χ1) is 10.1. The molecule has 1 aromatic rings. The van der Waals surface area contributed by atoms with E-state index < -0.39 is 0 Å². The number of methoxy groups -OCH3 is 1. The molecule has 5 heteroatoms. The highest BCUT2D eigenvalue weighted by Crippen LogP contribution is 2.26. The van der Waals surface area contributed by atoms with Crippen molar-refractivity contribution in [2.45, 2.75) is 19.8 Å². The number of rotatable bonds is 5. The minimum Gasteiger partial charge on any atom is -0.383 e. The zero-order chi connectivity index (χ0) is 15.2. The van der Waals surface area contributed by atoms with E-state index in [0.717, 1.165) is 18.5 Å². The van der Waals surface area contributed by atoms with Crippen LogP contribution in [-0.2, 0) is 20.7 Å². The second kappa shape index (κ2) is 7.22. The Kier molecular flexibility index (Phi) is 5.33. The van der Waals surface area contributed by atoms with Crippen molar-refractivity contribution in [2.24, 2.45) is 0 Å². The van der Waals surface area contributed by atoms with Gasteiger partial charge in [0.15, 0.2) is 0 Å². The number of nitrogens with zero attached hydrogens (tertiary/aromatic N) is 2. The fourth-order valence-corrected chi connectivity index (χ4v) is 2.59. The fraction of sp³-hybridized carbons (Fsp3) is 0.500. The summed E-state index contributed by atoms with van der Waals surface area (Å²) in [7, 11) is 1.58. The first-order valence-electron chi connectivity index (χ1n) is 7.26. The van der Waals surface area contributed by atoms with Gasteiger partial charge in [0.2, 0.25) is 11.8 Å². The van der Waals surface area contributed by atoms with Crippen LogP contribution in [0.3, 0.4) is 0 Å². The smallest absolute Gasteiger partial charge is 0.246 e. The molecule has 114 valence electrons. The van der Waals surface area contributed by atoms with E-state index >= 15 is 0 Å². The maximum Gasteiger partial charge on any atom is 0.246 e. The number of aryl methyl sites for hydroxylation is 1. The van der Waals surface area contributed by atoms with Crippen LogP contribution in [0.25, 0.3) is 0 Å². The molecule has 0 aromatic heterocycles. The van der Waals surface area contributed by atoms with Crippen molar-refractivity contribution < 1.29 is 14.3 Å². The number of carbonyl (C=O) groups excluding carboxylic acids is 2. The molecular formula is C16H22N2O3. The first kappa shape index (κ1) is 15.5. The molecular weight excluding hydrogens is 268 g/mol. The Morgan fingerprint density at radius 2 is 2.10 bits per heavy atom. The largest absolute Gasteiger partial charge is 0.383 e. The Morgan fingerprint density at radius 3 is 2.81 bits per heavy atom. The van der Waals surface area contributed by atoms with E-state index in [9.17, 15) is 9.59 Å². The average molecular weight is 290 g/mol. The Labute approximate surface area is 125 Å². The van der Waals surface area contributed by atoms with Crippen LogP contribution < -0.4 is 4.90 Å². The number of ether oxygens (including phenoxy) is 1. The molecule has 0 saturated heterocycles. The maximum absolute atomic E-state index is 12.5. The van der Waals surface area contributed by atoms with Gasteiger partial charge in [-0.2, -0.15) is 0 Å². The molecule has 1 aromatic carbocycles. The first-order valence-corrected chi connectivity index (χ1v) is 7.26. The van der Waals surface area contributed by atoms with Crippen molar-refractivity contribution in [1.29, 1.82) is 0 Å². The number of fused-ring (bicyclic) bond motifs is 1. The molecule has 0 N–H and O–H groups in total. The van der Waals surface area contributed by atoms with E-state index in [1.54, 1.807) is 12.0 Å². The van der Waals surface area contributed by atoms with E-state index in [1.165, 1.54) is 17.4 Å². The second-order valence-electron chi connectivity index (χ2n) is 5.21. The third-order valence-electron chi connectivity index (χ3n) is 3.75. The van der Waals surface area contributed by atoms with Crippen molar-refractivity contribution >= 4 is 17.5 Å². The Hall–Kier alpha value is -1.88. The average Bonchev–Trinajstić information content (AvgIpc) is 2.50. The quantitative estimate of drug-likeness (QED) is 0.825. The number of benzene rings is 1. The molecule has 0 saturated carbocycles. The summed E-state index contributed by atoms with van der Waals surface area (Å²) in [6.07, 6.45) is 1.96. The standard InChI is InChI=1S/C16H22N2O3/c1-13(19)17(10-11-21-2)12-16(20)18-9-5-7-14-6-3-4-8-15(14)18/h3-4,6,8H,5,7,9-12H2,1-2H3. The van der Waals surface area contributed by atoms with Crippen molar-refractivity contribution in [3.8, 4) is 0 Å². The molecule has 1 aliphatic heterocycles. The number of carbonyl (C=O) groups is 2. The SMILES string of the molecule is COCCN(CC(=O)N1CCCc2ccccc21)C(C)=O. The predicted molar refractivity (Wildman–Crippen MR) is 81.2 cm³/mol. The maximum atomic E-state index is 12.5. The number of anilines is 1. The fourth-order valence-electron chi connectivity index (χ4n) is 2.59. The van der Waals surface area contributed by atoms with E-state index in [0.29, 0.717) is 19.7 Å². The second-order valence-corrected chi connectivity index (χ2v) is 5.21. The molecule has 0 radical (unpaired) electrons. The van der Waals surface area contributed by atoms with Gasteiger partial charge >= 0.3 is 0 Å². The van der Waals surface area contributed by atoms with E-state index in [-0.39, 0.29) is 18.4 Å². The molecule has 5 nitrogen and oxygen atoms in total. The lowest BCUT2D eigenvalue weighted by atomic mass is 10.0. The summed E-state index contributed by atoms with van der Waals surface area (Å²) in [5.74, 6) is -0.140. The van der Waals surface area contributed by atoms with Gasteiger partial charge in [0.25, 0.3) is 0 Å². The summed E-state index contributed by atoms with van der Waals surface area (Å²) < 4.78 is 4.99. The van der Waals surface area contributed by atoms with Crippen molar-refractivity contribution in [3.63, 3.8) is 0 Å². The Balaban J connectivity index is 2.08. The van der Waals surface area contributed by atoms with Gasteiger partial charge in [0.1, 0.15) is 6.54 Å². The van der Waals surface area contributed by atoms with Gasteiger partial charge in [-0.1, -0.05) is 18.2 Å². The van der Waals surface area contributed by atoms with Crippen LogP contribution in [0.4, 0.5) is 5.69 Å². The highest BCUT2D eigenvalue weighted by molar-refractivity contribution is 5.97. The van der Waals surface area contributed by atoms with E-state index in [1.807, 2.05) is 18.2 Å². The molecule has 0 fully saturated rings. The van der Waals surface area contributed by atoms with Gasteiger partial charge in [0, 0.05) is 32.8 Å². The molecule has 0 unspecified atom stereocenters. The molecule has 0 bridgehead atoms. The normalized spacial score (nSPS) is 13.7. The van der Waals surface area contributed by atoms with Gasteiger partial charge in [-0.25, -0.2) is 0 Å². The van der Waals surface area contributed by atoms with Crippen LogP contribution in [0.1, 0.15) is 18.9 Å². The highest BCUT2D eigenvalue weighted by Gasteiger charge is 2.24. The zero-order valence-corrected chi connectivity index (χ0v) is 12.7. The summed E-state index contributed by atoms with van der Waals surface area (Å²) >= 11 is 0. The van der Waals surface area contributed by atoms with Crippen LogP contribution in [0, 0.1) is 0 Å². The number of amides is 2. The van der Waals surface area contributed by atoms with Crippen LogP contribution >= 0.6 is 0 Å². The zero-order valence-electron chi connectivity index (χ0n) is 12.7. The van der Waals surface area contributed by atoms with Crippen molar-refractivity contribution in [3.05, 3.63) is 29.8 Å². The molecule has 2 rings (SSSR count). The van der Waals surface area contributed by atoms with Gasteiger partial charge in [-0.3, -0.25) is 9.59 Å². The van der Waals surface area contributed by atoms with Gasteiger partial charge < -0.3 is 14.5 Å². The molecule has 0 aliphatic carbocycles. The van der Waals surface area contributed by atoms with Gasteiger partial charge in [0.05, 0.1) is 6.61 Å². The van der Waals surface area contributed by atoms with Gasteiger partial charge in [-0.05, 0) is 24.5 Å². The van der Waals surface area contributed by atoms with E-state index in [4.69, 9.17) is 4.74 Å². The molecule has 2 amide bonds. The van der Waals surface area contributed by atoms with Gasteiger partial charge in [-0.15, -0.1) is 0 Å². The third-order valence-corrected chi connectivity index (χ3v) is 3.75. The van der Waals surface area contributed by atoms with E-state index in [2.05, 4.69) is 6.07 Å². The van der Waals surface area contributed by atoms with Crippen molar-refractivity contribution in [2.75, 3.05) is 38.3 Å². The number of para-hydroxylation sites is 1. The highest BCUT2D eigenvalue weighted by atomic mass is 16.5. The molecule has 1 heterocycles. The summed E-state index contributed by atoms with van der Waals surface area (Å²) in [4.78, 5) is 27.5. The minimum atomic E-state index is -0.106. The minimum absolute atomic E-state index is 0.0338.